The van der Waals surface area contributed by atoms with Crippen LogP contribution in [0.2, 0.25) is 0 Å². The second-order valence-electron chi connectivity index (χ2n) is 5.86. The molecule has 0 radical (unpaired) electrons. The van der Waals surface area contributed by atoms with Crippen molar-refractivity contribution in [1.82, 2.24) is 9.88 Å². The molecule has 2 heterocycles. The highest BCUT2D eigenvalue weighted by molar-refractivity contribution is 5.80. The summed E-state index contributed by atoms with van der Waals surface area (Å²) in [5.41, 5.74) is 3.94. The Morgan fingerprint density at radius 2 is 2.18 bits per heavy atom. The van der Waals surface area contributed by atoms with Crippen LogP contribution in [0.15, 0.2) is 42.8 Å². The summed E-state index contributed by atoms with van der Waals surface area (Å²) in [6.45, 7) is 10.4. The summed E-state index contributed by atoms with van der Waals surface area (Å²) in [6.07, 6.45) is 5.18. The Morgan fingerprint density at radius 3 is 2.77 bits per heavy atom. The van der Waals surface area contributed by atoms with Crippen LogP contribution in [-0.2, 0) is 4.79 Å². The van der Waals surface area contributed by atoms with Gasteiger partial charge in [0.1, 0.15) is 17.9 Å². The molecule has 1 saturated carbocycles. The SMILES string of the molecule is C=C/C(=C1/N(CC=O)C(=C)c2ccc(C)nc2N1C)C1CC1. The number of hydrogen-bond donors (Lipinski definition) is 0. The molecule has 0 aromatic carbocycles. The first-order chi connectivity index (χ1) is 10.6. The van der Waals surface area contributed by atoms with Gasteiger partial charge in [0.15, 0.2) is 0 Å². The molecule has 0 bridgehead atoms. The van der Waals surface area contributed by atoms with Crippen molar-refractivity contribution in [2.45, 2.75) is 19.8 Å². The van der Waals surface area contributed by atoms with E-state index in [2.05, 4.69) is 23.0 Å². The second-order valence-corrected chi connectivity index (χ2v) is 5.86. The molecule has 1 aromatic rings. The normalized spacial score (nSPS) is 19.8. The number of pyridine rings is 1. The van der Waals surface area contributed by atoms with Gasteiger partial charge in [-0.3, -0.25) is 0 Å². The van der Waals surface area contributed by atoms with Gasteiger partial charge in [-0.25, -0.2) is 4.98 Å². The number of rotatable bonds is 4. The Kier molecular flexibility index (Phi) is 3.61. The number of nitrogens with zero attached hydrogens (tertiary/aromatic N) is 3. The van der Waals surface area contributed by atoms with Crippen LogP contribution in [0.25, 0.3) is 5.70 Å². The molecule has 0 spiro atoms. The van der Waals surface area contributed by atoms with Crippen molar-refractivity contribution in [3.63, 3.8) is 0 Å². The maximum absolute atomic E-state index is 11.2. The summed E-state index contributed by atoms with van der Waals surface area (Å²) >= 11 is 0. The zero-order valence-corrected chi connectivity index (χ0v) is 13.2. The molecule has 2 aliphatic rings. The molecule has 0 unspecified atom stereocenters. The number of aldehydes is 1. The minimum atomic E-state index is 0.288. The van der Waals surface area contributed by atoms with Gasteiger partial charge in [0.2, 0.25) is 0 Å². The Bertz CT molecular complexity index is 686. The Hall–Kier alpha value is -2.36. The first-order valence-corrected chi connectivity index (χ1v) is 7.57. The monoisotopic (exact) mass is 295 g/mol. The fourth-order valence-corrected chi connectivity index (χ4v) is 3.03. The molecular formula is C18H21N3O. The molecule has 1 fully saturated rings. The summed E-state index contributed by atoms with van der Waals surface area (Å²) in [6, 6.07) is 4.00. The summed E-state index contributed by atoms with van der Waals surface area (Å²) in [4.78, 5) is 19.9. The summed E-state index contributed by atoms with van der Waals surface area (Å²) in [7, 11) is 2.00. The number of hydrogen-bond acceptors (Lipinski definition) is 4. The average molecular weight is 295 g/mol. The van der Waals surface area contributed by atoms with Crippen molar-refractivity contribution >= 4 is 17.8 Å². The van der Waals surface area contributed by atoms with Crippen molar-refractivity contribution in [3.8, 4) is 0 Å². The van der Waals surface area contributed by atoms with E-state index in [1.165, 1.54) is 18.4 Å². The van der Waals surface area contributed by atoms with Gasteiger partial charge in [0.05, 0.1) is 6.54 Å². The minimum Gasteiger partial charge on any atom is -0.320 e. The molecule has 3 rings (SSSR count). The van der Waals surface area contributed by atoms with E-state index >= 15 is 0 Å². The van der Waals surface area contributed by atoms with Crippen LogP contribution < -0.4 is 4.90 Å². The summed E-state index contributed by atoms with van der Waals surface area (Å²) in [5, 5.41) is 0. The summed E-state index contributed by atoms with van der Waals surface area (Å²) < 4.78 is 0. The number of carbonyl (C=O) groups excluding carboxylic acids is 1. The van der Waals surface area contributed by atoms with Gasteiger partial charge in [-0.2, -0.15) is 0 Å². The van der Waals surface area contributed by atoms with E-state index in [1.54, 1.807) is 0 Å². The van der Waals surface area contributed by atoms with Crippen LogP contribution in [0.1, 0.15) is 24.1 Å². The first-order valence-electron chi connectivity index (χ1n) is 7.57. The topological polar surface area (TPSA) is 36.4 Å². The van der Waals surface area contributed by atoms with Gasteiger partial charge in [-0.15, -0.1) is 0 Å². The molecule has 1 aliphatic carbocycles. The van der Waals surface area contributed by atoms with E-state index in [0.29, 0.717) is 5.92 Å². The smallest absolute Gasteiger partial charge is 0.143 e. The van der Waals surface area contributed by atoms with Gasteiger partial charge in [0.25, 0.3) is 0 Å². The van der Waals surface area contributed by atoms with Crippen molar-refractivity contribution < 1.29 is 4.79 Å². The van der Waals surface area contributed by atoms with E-state index < -0.39 is 0 Å². The standard InChI is InChI=1S/C18H21N3O/c1-5-15(14-7-8-14)18-20(4)17-16(9-6-12(2)19-17)13(3)21(18)10-11-22/h5-6,9,11,14H,1,3,7-8,10H2,2,4H3/b18-15-. The number of anilines is 1. The summed E-state index contributed by atoms with van der Waals surface area (Å²) in [5.74, 6) is 2.41. The lowest BCUT2D eigenvalue weighted by Crippen LogP contribution is -2.39. The van der Waals surface area contributed by atoms with Crippen molar-refractivity contribution in [2.24, 2.45) is 5.92 Å². The molecule has 1 aliphatic heterocycles. The Morgan fingerprint density at radius 1 is 1.45 bits per heavy atom. The third-order valence-electron chi connectivity index (χ3n) is 4.29. The number of aromatic nitrogens is 1. The predicted octanol–water partition coefficient (Wildman–Crippen LogP) is 3.12. The highest BCUT2D eigenvalue weighted by atomic mass is 16.1. The Labute approximate surface area is 131 Å². The fourth-order valence-electron chi connectivity index (χ4n) is 3.03. The maximum atomic E-state index is 11.2. The van der Waals surface area contributed by atoms with Crippen LogP contribution in [0.5, 0.6) is 0 Å². The van der Waals surface area contributed by atoms with E-state index in [1.807, 2.05) is 37.1 Å². The predicted molar refractivity (Wildman–Crippen MR) is 89.1 cm³/mol. The zero-order chi connectivity index (χ0) is 15.9. The first kappa shape index (κ1) is 14.6. The van der Waals surface area contributed by atoms with Crippen LogP contribution in [0.4, 0.5) is 5.82 Å². The highest BCUT2D eigenvalue weighted by Gasteiger charge is 2.35. The van der Waals surface area contributed by atoms with Crippen molar-refractivity contribution in [1.29, 1.82) is 0 Å². The molecule has 0 atom stereocenters. The van der Waals surface area contributed by atoms with Gasteiger partial charge in [-0.05, 0) is 43.4 Å². The molecule has 4 nitrogen and oxygen atoms in total. The van der Waals surface area contributed by atoms with E-state index in [9.17, 15) is 4.79 Å². The lowest BCUT2D eigenvalue weighted by molar-refractivity contribution is -0.108. The minimum absolute atomic E-state index is 0.288. The third kappa shape index (κ3) is 2.25. The van der Waals surface area contributed by atoms with Crippen LogP contribution >= 0.6 is 0 Å². The van der Waals surface area contributed by atoms with Crippen LogP contribution in [0, 0.1) is 12.8 Å². The molecule has 1 aromatic heterocycles. The van der Waals surface area contributed by atoms with Gasteiger partial charge >= 0.3 is 0 Å². The largest absolute Gasteiger partial charge is 0.320 e. The number of allylic oxidation sites excluding steroid dienone is 2. The second kappa shape index (κ2) is 5.44. The number of fused-ring (bicyclic) bond motifs is 1. The molecule has 114 valence electrons. The maximum Gasteiger partial charge on any atom is 0.143 e. The lowest BCUT2D eigenvalue weighted by Gasteiger charge is -2.41. The van der Waals surface area contributed by atoms with E-state index in [4.69, 9.17) is 0 Å². The zero-order valence-electron chi connectivity index (χ0n) is 13.2. The number of carbonyl (C=O) groups is 1. The fraction of sp³-hybridized carbons (Fsp3) is 0.333. The average Bonchev–Trinajstić information content (AvgIpc) is 3.33. The van der Waals surface area contributed by atoms with Crippen molar-refractivity contribution in [2.75, 3.05) is 18.5 Å². The van der Waals surface area contributed by atoms with E-state index in [-0.39, 0.29) is 6.54 Å². The molecule has 0 amide bonds. The van der Waals surface area contributed by atoms with Crippen LogP contribution in [0.3, 0.4) is 0 Å². The lowest BCUT2D eigenvalue weighted by atomic mass is 10.0. The third-order valence-corrected chi connectivity index (χ3v) is 4.29. The highest BCUT2D eigenvalue weighted by Crippen LogP contribution is 2.44. The number of aryl methyl sites for hydroxylation is 1. The van der Waals surface area contributed by atoms with Crippen molar-refractivity contribution in [3.05, 3.63) is 54.0 Å². The van der Waals surface area contributed by atoms with E-state index in [0.717, 1.165) is 34.9 Å². The van der Waals surface area contributed by atoms with Gasteiger partial charge in [0, 0.05) is 24.0 Å². The van der Waals surface area contributed by atoms with Gasteiger partial charge in [-0.1, -0.05) is 19.2 Å². The van der Waals surface area contributed by atoms with Gasteiger partial charge < -0.3 is 14.6 Å². The molecule has 22 heavy (non-hydrogen) atoms. The quantitative estimate of drug-likeness (QED) is 0.800. The molecule has 4 heteroatoms. The molecule has 0 saturated heterocycles. The van der Waals surface area contributed by atoms with Crippen LogP contribution in [-0.4, -0.2) is 29.8 Å². The molecular weight excluding hydrogens is 274 g/mol. The Balaban J connectivity index is 2.21. The molecule has 0 N–H and O–H groups in total.